The van der Waals surface area contributed by atoms with Gasteiger partial charge in [0, 0.05) is 18.8 Å². The maximum absolute atomic E-state index is 13.9. The average molecular weight is 521 g/mol. The number of allylic oxidation sites excluding steroid dienone is 3. The van der Waals surface area contributed by atoms with Crippen LogP contribution >= 0.6 is 0 Å². The Balaban J connectivity index is 2.09. The molecule has 9 unspecified atom stereocenters. The number of esters is 2. The largest absolute Gasteiger partial charge is 0.457 e. The van der Waals surface area contributed by atoms with Crippen LogP contribution in [0.1, 0.15) is 73.6 Å². The summed E-state index contributed by atoms with van der Waals surface area (Å²) in [5.74, 6) is -0.929. The molecule has 208 valence electrons. The smallest absolute Gasteiger partial charge is 0.309 e. The van der Waals surface area contributed by atoms with Gasteiger partial charge < -0.3 is 19.3 Å². The van der Waals surface area contributed by atoms with Crippen LogP contribution < -0.4 is 0 Å². The highest BCUT2D eigenvalue weighted by molar-refractivity contribution is 5.70. The van der Waals surface area contributed by atoms with Crippen LogP contribution in [0.15, 0.2) is 48.1 Å². The first-order valence-corrected chi connectivity index (χ1v) is 13.5. The molecule has 0 aliphatic carbocycles. The Kier molecular flexibility index (Phi) is 12.2. The summed E-state index contributed by atoms with van der Waals surface area (Å²) >= 11 is 0. The highest BCUT2D eigenvalue weighted by Gasteiger charge is 2.45. The minimum Gasteiger partial charge on any atom is -0.457 e. The zero-order valence-corrected chi connectivity index (χ0v) is 23.2. The maximum Gasteiger partial charge on any atom is 0.309 e. The molecule has 2 aliphatic heterocycles. The summed E-state index contributed by atoms with van der Waals surface area (Å²) in [5, 5.41) is 10.3. The first kappa shape index (κ1) is 31.0. The predicted molar refractivity (Wildman–Crippen MR) is 142 cm³/mol. The van der Waals surface area contributed by atoms with E-state index in [4.69, 9.17) is 14.2 Å². The van der Waals surface area contributed by atoms with E-state index in [9.17, 15) is 19.1 Å². The van der Waals surface area contributed by atoms with Gasteiger partial charge in [-0.1, -0.05) is 58.6 Å². The van der Waals surface area contributed by atoms with Gasteiger partial charge in [-0.05, 0) is 55.7 Å². The van der Waals surface area contributed by atoms with Crippen LogP contribution in [0, 0.1) is 17.8 Å². The number of carbonyl (C=O) groups is 2. The van der Waals surface area contributed by atoms with Gasteiger partial charge in [0.05, 0.1) is 24.7 Å². The van der Waals surface area contributed by atoms with E-state index in [1.54, 1.807) is 6.08 Å². The van der Waals surface area contributed by atoms with E-state index in [0.717, 1.165) is 12.0 Å². The maximum atomic E-state index is 13.9. The van der Waals surface area contributed by atoms with Gasteiger partial charge in [-0.25, -0.2) is 4.39 Å². The molecule has 2 rings (SSSR count). The van der Waals surface area contributed by atoms with Crippen molar-refractivity contribution in [1.82, 2.24) is 0 Å². The minimum atomic E-state index is -0.868. The van der Waals surface area contributed by atoms with Crippen LogP contribution in [0.25, 0.3) is 0 Å². The molecule has 6 nitrogen and oxygen atoms in total. The van der Waals surface area contributed by atoms with E-state index in [-0.39, 0.29) is 36.4 Å². The molecule has 0 spiro atoms. The fraction of sp³-hybridized carbons (Fsp3) is 0.667. The molecular weight excluding hydrogens is 475 g/mol. The zero-order chi connectivity index (χ0) is 27.7. The quantitative estimate of drug-likeness (QED) is 0.179. The summed E-state index contributed by atoms with van der Waals surface area (Å²) in [5.41, 5.74) is 1.51. The molecule has 0 aromatic rings. The highest BCUT2D eigenvalue weighted by Crippen LogP contribution is 2.37. The second kappa shape index (κ2) is 14.6. The molecule has 0 saturated carbocycles. The molecule has 7 heteroatoms. The molecule has 37 heavy (non-hydrogen) atoms. The molecular formula is C30H45FO6. The van der Waals surface area contributed by atoms with Crippen molar-refractivity contribution in [3.63, 3.8) is 0 Å². The van der Waals surface area contributed by atoms with E-state index in [2.05, 4.69) is 19.6 Å². The number of rotatable bonds is 9. The van der Waals surface area contributed by atoms with Crippen LogP contribution in [0.5, 0.6) is 0 Å². The molecule has 0 amide bonds. The Labute approximate surface area is 221 Å². The number of aliphatic hydroxyl groups excluding tert-OH is 1. The Morgan fingerprint density at radius 1 is 1.32 bits per heavy atom. The summed E-state index contributed by atoms with van der Waals surface area (Å²) in [6.45, 7) is 15.0. The van der Waals surface area contributed by atoms with Crippen molar-refractivity contribution in [1.29, 1.82) is 0 Å². The fourth-order valence-electron chi connectivity index (χ4n) is 4.73. The molecule has 0 aromatic carbocycles. The lowest BCUT2D eigenvalue weighted by Crippen LogP contribution is -2.29. The second-order valence-corrected chi connectivity index (χ2v) is 10.7. The van der Waals surface area contributed by atoms with Crippen molar-refractivity contribution in [2.24, 2.45) is 17.8 Å². The van der Waals surface area contributed by atoms with Crippen molar-refractivity contribution < 1.29 is 33.3 Å². The van der Waals surface area contributed by atoms with Crippen molar-refractivity contribution >= 4 is 11.9 Å². The first-order chi connectivity index (χ1) is 17.4. The van der Waals surface area contributed by atoms with Crippen LogP contribution in [-0.4, -0.2) is 53.7 Å². The van der Waals surface area contributed by atoms with Gasteiger partial charge in [0.15, 0.2) is 0 Å². The summed E-state index contributed by atoms with van der Waals surface area (Å²) < 4.78 is 30.8. The highest BCUT2D eigenvalue weighted by atomic mass is 19.1. The van der Waals surface area contributed by atoms with Crippen LogP contribution in [0.3, 0.4) is 0 Å². The third-order valence-corrected chi connectivity index (χ3v) is 7.17. The van der Waals surface area contributed by atoms with Crippen LogP contribution in [0.2, 0.25) is 0 Å². The number of cyclic esters (lactones) is 1. The van der Waals surface area contributed by atoms with Crippen LogP contribution in [0.4, 0.5) is 4.39 Å². The van der Waals surface area contributed by atoms with Gasteiger partial charge in [0.25, 0.3) is 0 Å². The van der Waals surface area contributed by atoms with Crippen molar-refractivity contribution in [3.05, 3.63) is 48.1 Å². The standard InChI is InChI=1S/C30H45FO6/c1-8-25(31)22(6)30-27(36-30)16-18(2)10-9-11-20(4)29-21(5)13-15-26(35-23(7)32)19(3)12-14-24(33)17-28(34)37-29/h9-11,13,15,18,21-22,24-27,29-30,33H,3,8,12,14,16-17H2,1-2,4-7H3/b10-9+,15-13+,20-11+. The van der Waals surface area contributed by atoms with Gasteiger partial charge >= 0.3 is 11.9 Å². The number of halogens is 1. The Bertz CT molecular complexity index is 877. The third kappa shape index (κ3) is 10.2. The first-order valence-electron chi connectivity index (χ1n) is 13.5. The van der Waals surface area contributed by atoms with Crippen LogP contribution in [-0.2, 0) is 23.8 Å². The van der Waals surface area contributed by atoms with Gasteiger partial charge in [-0.2, -0.15) is 0 Å². The lowest BCUT2D eigenvalue weighted by molar-refractivity contribution is -0.151. The SMILES string of the molecule is C=C1CCC(O)CC(=O)OC(/C(C)=C/C=C/C(C)CC2OC2C(C)C(F)CC)C(C)/C=C/C1OC(C)=O. The Morgan fingerprint density at radius 3 is 2.68 bits per heavy atom. The molecule has 2 aliphatic rings. The fourth-order valence-corrected chi connectivity index (χ4v) is 4.73. The van der Waals surface area contributed by atoms with Gasteiger partial charge in [0.1, 0.15) is 18.4 Å². The number of hydrogen-bond donors (Lipinski definition) is 1. The average Bonchev–Trinajstić information content (AvgIpc) is 3.60. The lowest BCUT2D eigenvalue weighted by Gasteiger charge is -2.25. The van der Waals surface area contributed by atoms with E-state index >= 15 is 0 Å². The molecule has 2 heterocycles. The summed E-state index contributed by atoms with van der Waals surface area (Å²) in [7, 11) is 0. The number of alkyl halides is 1. The normalized spacial score (nSPS) is 33.0. The van der Waals surface area contributed by atoms with E-state index in [0.29, 0.717) is 24.8 Å². The monoisotopic (exact) mass is 520 g/mol. The van der Waals surface area contributed by atoms with Gasteiger partial charge in [-0.15, -0.1) is 0 Å². The number of ether oxygens (including phenoxy) is 3. The van der Waals surface area contributed by atoms with E-state index in [1.165, 1.54) is 6.92 Å². The third-order valence-electron chi connectivity index (χ3n) is 7.17. The number of epoxide rings is 1. The van der Waals surface area contributed by atoms with E-state index in [1.807, 2.05) is 45.9 Å². The Morgan fingerprint density at radius 2 is 2.03 bits per heavy atom. The molecule has 1 saturated heterocycles. The summed E-state index contributed by atoms with van der Waals surface area (Å²) in [6, 6.07) is 0. The number of hydrogen-bond acceptors (Lipinski definition) is 6. The Hall–Kier alpha value is -2.25. The molecule has 1 N–H and O–H groups in total. The van der Waals surface area contributed by atoms with E-state index < -0.39 is 36.4 Å². The van der Waals surface area contributed by atoms with Gasteiger partial charge in [0.2, 0.25) is 0 Å². The second-order valence-electron chi connectivity index (χ2n) is 10.7. The summed E-state index contributed by atoms with van der Waals surface area (Å²) in [6.07, 6.45) is 8.78. The predicted octanol–water partition coefficient (Wildman–Crippen LogP) is 5.80. The zero-order valence-electron chi connectivity index (χ0n) is 23.2. The van der Waals surface area contributed by atoms with Crippen molar-refractivity contribution in [2.75, 3.05) is 0 Å². The van der Waals surface area contributed by atoms with Crippen molar-refractivity contribution in [2.45, 2.75) is 110 Å². The molecule has 0 aromatic heterocycles. The molecule has 1 fully saturated rings. The molecule has 9 atom stereocenters. The van der Waals surface area contributed by atoms with Gasteiger partial charge in [-0.3, -0.25) is 9.59 Å². The topological polar surface area (TPSA) is 85.4 Å². The number of carbonyl (C=O) groups excluding carboxylic acids is 2. The lowest BCUT2D eigenvalue weighted by atomic mass is 9.93. The van der Waals surface area contributed by atoms with Crippen molar-refractivity contribution in [3.8, 4) is 0 Å². The minimum absolute atomic E-state index is 0.00594. The summed E-state index contributed by atoms with van der Waals surface area (Å²) in [4.78, 5) is 24.1. The molecule has 0 bridgehead atoms. The number of aliphatic hydroxyl groups is 1. The molecule has 0 radical (unpaired) electrons.